The molecule has 0 bridgehead atoms. The van der Waals surface area contributed by atoms with E-state index in [-0.39, 0.29) is 0 Å². The minimum absolute atomic E-state index is 0.443. The number of benzene rings is 2. The molecule has 0 aliphatic rings. The third-order valence-electron chi connectivity index (χ3n) is 3.73. The number of hydrogen-bond acceptors (Lipinski definition) is 4. The number of methoxy groups -OCH3 is 1. The third kappa shape index (κ3) is 3.77. The maximum atomic E-state index is 13.4. The van der Waals surface area contributed by atoms with Crippen molar-refractivity contribution in [3.63, 3.8) is 0 Å². The number of nitrogens with zero attached hydrogens (tertiary/aromatic N) is 3. The van der Waals surface area contributed by atoms with E-state index < -0.39 is 11.6 Å². The van der Waals surface area contributed by atoms with Gasteiger partial charge in [0, 0.05) is 12.3 Å². The first kappa shape index (κ1) is 18.1. The fraction of sp³-hybridized carbons (Fsp3) is 0.158. The summed E-state index contributed by atoms with van der Waals surface area (Å²) in [4.78, 5) is 0. The molecule has 1 heterocycles. The molecule has 7 heteroatoms. The first-order valence-corrected chi connectivity index (χ1v) is 8.86. The molecule has 0 aliphatic carbocycles. The highest BCUT2D eigenvalue weighted by atomic mass is 32.2. The van der Waals surface area contributed by atoms with Crippen LogP contribution in [-0.4, -0.2) is 21.9 Å². The molecule has 0 N–H and O–H groups in total. The zero-order valence-corrected chi connectivity index (χ0v) is 15.0. The van der Waals surface area contributed by atoms with Crippen LogP contribution in [0.5, 0.6) is 5.75 Å². The Kier molecular flexibility index (Phi) is 5.68. The van der Waals surface area contributed by atoms with Crippen molar-refractivity contribution in [3.8, 4) is 17.1 Å². The number of aromatic nitrogens is 3. The van der Waals surface area contributed by atoms with E-state index in [9.17, 15) is 8.78 Å². The van der Waals surface area contributed by atoms with Crippen LogP contribution in [0, 0.1) is 11.6 Å². The molecule has 3 aromatic rings. The van der Waals surface area contributed by atoms with Crippen LogP contribution in [0.1, 0.15) is 5.56 Å². The van der Waals surface area contributed by atoms with E-state index in [0.29, 0.717) is 34.6 Å². The number of rotatable bonds is 7. The van der Waals surface area contributed by atoms with Crippen LogP contribution in [0.2, 0.25) is 0 Å². The molecule has 0 amide bonds. The highest BCUT2D eigenvalue weighted by molar-refractivity contribution is 7.98. The maximum absolute atomic E-state index is 13.4. The van der Waals surface area contributed by atoms with Crippen LogP contribution < -0.4 is 4.74 Å². The van der Waals surface area contributed by atoms with E-state index in [0.717, 1.165) is 11.6 Å². The number of hydrogen-bond donors (Lipinski definition) is 0. The van der Waals surface area contributed by atoms with Gasteiger partial charge in [-0.25, -0.2) is 8.78 Å². The molecule has 0 spiro atoms. The standard InChI is InChI=1S/C19H17F2N3OS/c1-3-10-24-18(14-6-4-5-7-17(14)25-2)22-23-19(24)26-12-13-8-9-15(20)16(21)11-13/h3-9,11H,1,10,12H2,2H3. The number of allylic oxidation sites excluding steroid dienone is 1. The van der Waals surface area contributed by atoms with Crippen LogP contribution in [-0.2, 0) is 12.3 Å². The molecule has 26 heavy (non-hydrogen) atoms. The van der Waals surface area contributed by atoms with Crippen LogP contribution in [0.15, 0.2) is 60.3 Å². The molecular weight excluding hydrogens is 356 g/mol. The Morgan fingerprint density at radius 1 is 1.15 bits per heavy atom. The van der Waals surface area contributed by atoms with Gasteiger partial charge in [0.2, 0.25) is 0 Å². The van der Waals surface area contributed by atoms with E-state index in [1.54, 1.807) is 19.3 Å². The summed E-state index contributed by atoms with van der Waals surface area (Å²) in [6.07, 6.45) is 1.75. The Morgan fingerprint density at radius 2 is 1.96 bits per heavy atom. The molecule has 0 radical (unpaired) electrons. The van der Waals surface area contributed by atoms with Crippen molar-refractivity contribution in [1.29, 1.82) is 0 Å². The Morgan fingerprint density at radius 3 is 2.69 bits per heavy atom. The second-order valence-electron chi connectivity index (χ2n) is 5.44. The Balaban J connectivity index is 1.89. The summed E-state index contributed by atoms with van der Waals surface area (Å²) < 4.78 is 33.7. The van der Waals surface area contributed by atoms with Crippen molar-refractivity contribution in [2.45, 2.75) is 17.5 Å². The average molecular weight is 373 g/mol. The van der Waals surface area contributed by atoms with E-state index >= 15 is 0 Å². The SMILES string of the molecule is C=CCn1c(SCc2ccc(F)c(F)c2)nnc1-c1ccccc1OC. The van der Waals surface area contributed by atoms with Gasteiger partial charge in [0.05, 0.1) is 12.7 Å². The van der Waals surface area contributed by atoms with Crippen molar-refractivity contribution in [2.75, 3.05) is 7.11 Å². The number of thioether (sulfide) groups is 1. The van der Waals surface area contributed by atoms with Crippen molar-refractivity contribution in [1.82, 2.24) is 14.8 Å². The summed E-state index contributed by atoms with van der Waals surface area (Å²) in [6, 6.07) is 11.4. The largest absolute Gasteiger partial charge is 0.496 e. The number of ether oxygens (including phenoxy) is 1. The Bertz CT molecular complexity index is 927. The van der Waals surface area contributed by atoms with Gasteiger partial charge in [-0.3, -0.25) is 4.57 Å². The van der Waals surface area contributed by atoms with E-state index in [1.807, 2.05) is 28.8 Å². The Hall–Kier alpha value is -2.67. The fourth-order valence-corrected chi connectivity index (χ4v) is 3.39. The summed E-state index contributed by atoms with van der Waals surface area (Å²) in [5.74, 6) is 0.0909. The van der Waals surface area contributed by atoms with E-state index in [4.69, 9.17) is 4.74 Å². The van der Waals surface area contributed by atoms with Gasteiger partial charge >= 0.3 is 0 Å². The number of para-hydroxylation sites is 1. The van der Waals surface area contributed by atoms with Crippen LogP contribution in [0.3, 0.4) is 0 Å². The molecule has 0 unspecified atom stereocenters. The molecule has 1 aromatic heterocycles. The minimum Gasteiger partial charge on any atom is -0.496 e. The Labute approximate surface area is 154 Å². The molecule has 0 fully saturated rings. The maximum Gasteiger partial charge on any atom is 0.192 e. The van der Waals surface area contributed by atoms with Gasteiger partial charge in [0.25, 0.3) is 0 Å². The monoisotopic (exact) mass is 373 g/mol. The third-order valence-corrected chi connectivity index (χ3v) is 4.77. The highest BCUT2D eigenvalue weighted by Crippen LogP contribution is 2.31. The molecule has 2 aromatic carbocycles. The van der Waals surface area contributed by atoms with E-state index in [1.165, 1.54) is 17.8 Å². The van der Waals surface area contributed by atoms with Gasteiger partial charge in [-0.1, -0.05) is 36.0 Å². The zero-order valence-electron chi connectivity index (χ0n) is 14.2. The fourth-order valence-electron chi connectivity index (χ4n) is 2.50. The summed E-state index contributed by atoms with van der Waals surface area (Å²) in [6.45, 7) is 4.30. The minimum atomic E-state index is -0.856. The molecular formula is C19H17F2N3OS. The first-order chi connectivity index (χ1) is 12.6. The second-order valence-corrected chi connectivity index (χ2v) is 6.39. The van der Waals surface area contributed by atoms with Crippen molar-refractivity contribution < 1.29 is 13.5 Å². The van der Waals surface area contributed by atoms with Gasteiger partial charge in [-0.15, -0.1) is 16.8 Å². The highest BCUT2D eigenvalue weighted by Gasteiger charge is 2.17. The topological polar surface area (TPSA) is 39.9 Å². The smallest absolute Gasteiger partial charge is 0.192 e. The molecule has 3 rings (SSSR count). The van der Waals surface area contributed by atoms with Crippen molar-refractivity contribution in [3.05, 3.63) is 72.3 Å². The first-order valence-electron chi connectivity index (χ1n) is 7.88. The van der Waals surface area contributed by atoms with Crippen LogP contribution in [0.25, 0.3) is 11.4 Å². The molecule has 4 nitrogen and oxygen atoms in total. The second kappa shape index (κ2) is 8.14. The van der Waals surface area contributed by atoms with Gasteiger partial charge < -0.3 is 4.74 Å². The lowest BCUT2D eigenvalue weighted by molar-refractivity contribution is 0.416. The van der Waals surface area contributed by atoms with Crippen molar-refractivity contribution in [2.24, 2.45) is 0 Å². The quantitative estimate of drug-likeness (QED) is 0.444. The predicted octanol–water partition coefficient (Wildman–Crippen LogP) is 4.71. The average Bonchev–Trinajstić information content (AvgIpc) is 3.05. The van der Waals surface area contributed by atoms with Crippen LogP contribution in [0.4, 0.5) is 8.78 Å². The lowest BCUT2D eigenvalue weighted by Crippen LogP contribution is -2.02. The summed E-state index contributed by atoms with van der Waals surface area (Å²) in [7, 11) is 1.60. The predicted molar refractivity (Wildman–Crippen MR) is 98.1 cm³/mol. The summed E-state index contributed by atoms with van der Waals surface area (Å²) in [5.41, 5.74) is 1.49. The molecule has 134 valence electrons. The van der Waals surface area contributed by atoms with E-state index in [2.05, 4.69) is 16.8 Å². The lowest BCUT2D eigenvalue weighted by atomic mass is 10.2. The molecule has 0 atom stereocenters. The van der Waals surface area contributed by atoms with Gasteiger partial charge in [0.1, 0.15) is 5.75 Å². The van der Waals surface area contributed by atoms with Gasteiger partial charge in [-0.2, -0.15) is 0 Å². The van der Waals surface area contributed by atoms with Crippen molar-refractivity contribution >= 4 is 11.8 Å². The summed E-state index contributed by atoms with van der Waals surface area (Å²) >= 11 is 1.40. The number of halogens is 2. The lowest BCUT2D eigenvalue weighted by Gasteiger charge is -2.10. The molecule has 0 saturated carbocycles. The van der Waals surface area contributed by atoms with Gasteiger partial charge in [0.15, 0.2) is 22.6 Å². The normalized spacial score (nSPS) is 10.7. The molecule has 0 aliphatic heterocycles. The molecule has 0 saturated heterocycles. The van der Waals surface area contributed by atoms with Gasteiger partial charge in [-0.05, 0) is 29.8 Å². The van der Waals surface area contributed by atoms with Crippen LogP contribution >= 0.6 is 11.8 Å². The zero-order chi connectivity index (χ0) is 18.5. The summed E-state index contributed by atoms with van der Waals surface area (Å²) in [5, 5.41) is 9.20.